The van der Waals surface area contributed by atoms with Crippen LogP contribution in [0, 0.1) is 6.92 Å². The molecule has 0 aromatic carbocycles. The van der Waals surface area contributed by atoms with Crippen molar-refractivity contribution in [1.29, 1.82) is 0 Å². The Kier molecular flexibility index (Phi) is 3.17. The van der Waals surface area contributed by atoms with Crippen LogP contribution in [0.1, 0.15) is 12.6 Å². The van der Waals surface area contributed by atoms with Crippen molar-refractivity contribution < 1.29 is 0 Å². The van der Waals surface area contributed by atoms with Crippen molar-refractivity contribution in [3.8, 4) is 11.3 Å². The third-order valence-electron chi connectivity index (χ3n) is 3.47. The molecule has 0 bridgehead atoms. The number of H-pyrrole nitrogens is 1. The molecule has 3 aromatic heterocycles. The molecule has 0 aliphatic heterocycles. The highest BCUT2D eigenvalue weighted by molar-refractivity contribution is 5.83. The lowest BCUT2D eigenvalue weighted by Gasteiger charge is -2.12. The summed E-state index contributed by atoms with van der Waals surface area (Å²) in [5.74, 6) is 0.510. The summed E-state index contributed by atoms with van der Waals surface area (Å²) in [6, 6.07) is 3.60. The Bertz CT molecular complexity index is 850. The molecule has 7 heteroatoms. The predicted octanol–water partition coefficient (Wildman–Crippen LogP) is 1.55. The molecule has 0 saturated heterocycles. The van der Waals surface area contributed by atoms with Gasteiger partial charge in [0.25, 0.3) is 5.56 Å². The Hall–Kier alpha value is -2.70. The second-order valence-electron chi connectivity index (χ2n) is 4.70. The third kappa shape index (κ3) is 2.06. The Morgan fingerprint density at radius 3 is 2.81 bits per heavy atom. The fourth-order valence-electron chi connectivity index (χ4n) is 2.39. The molecule has 0 spiro atoms. The van der Waals surface area contributed by atoms with Gasteiger partial charge in [0.05, 0.1) is 17.0 Å². The fraction of sp³-hybridized carbons (Fsp3) is 0.286. The van der Waals surface area contributed by atoms with Crippen molar-refractivity contribution in [2.75, 3.05) is 12.4 Å². The summed E-state index contributed by atoms with van der Waals surface area (Å²) in [7, 11) is 1.76. The molecule has 0 radical (unpaired) electrons. The minimum Gasteiger partial charge on any atom is -0.357 e. The van der Waals surface area contributed by atoms with Gasteiger partial charge in [-0.3, -0.25) is 14.5 Å². The number of pyridine rings is 1. The van der Waals surface area contributed by atoms with Gasteiger partial charge in [0.2, 0.25) is 5.95 Å². The number of rotatable bonds is 3. The van der Waals surface area contributed by atoms with Crippen LogP contribution in [-0.2, 0) is 6.54 Å². The third-order valence-corrected chi connectivity index (χ3v) is 3.47. The monoisotopic (exact) mass is 284 g/mol. The van der Waals surface area contributed by atoms with Crippen LogP contribution in [0.15, 0.2) is 23.1 Å². The van der Waals surface area contributed by atoms with Gasteiger partial charge in [-0.25, -0.2) is 4.98 Å². The molecule has 0 unspecified atom stereocenters. The Balaban J connectivity index is 2.42. The zero-order valence-corrected chi connectivity index (χ0v) is 12.1. The maximum absolute atomic E-state index is 12.7. The number of hydrogen-bond donors (Lipinski definition) is 2. The van der Waals surface area contributed by atoms with Crippen LogP contribution < -0.4 is 10.9 Å². The van der Waals surface area contributed by atoms with E-state index in [9.17, 15) is 4.79 Å². The second kappa shape index (κ2) is 5.01. The van der Waals surface area contributed by atoms with Gasteiger partial charge in [0.1, 0.15) is 5.65 Å². The highest BCUT2D eigenvalue weighted by Gasteiger charge is 2.14. The number of aryl methyl sites for hydroxylation is 2. The van der Waals surface area contributed by atoms with Crippen LogP contribution in [0.5, 0.6) is 0 Å². The molecule has 7 nitrogen and oxygen atoms in total. The van der Waals surface area contributed by atoms with Crippen molar-refractivity contribution >= 4 is 17.0 Å². The highest BCUT2D eigenvalue weighted by atomic mass is 16.1. The minimum atomic E-state index is -0.0885. The van der Waals surface area contributed by atoms with E-state index >= 15 is 0 Å². The fourth-order valence-corrected chi connectivity index (χ4v) is 2.39. The van der Waals surface area contributed by atoms with E-state index in [1.165, 1.54) is 0 Å². The molecule has 3 heterocycles. The van der Waals surface area contributed by atoms with Crippen LogP contribution in [0.4, 0.5) is 5.95 Å². The lowest BCUT2D eigenvalue weighted by molar-refractivity contribution is 0.749. The van der Waals surface area contributed by atoms with Crippen molar-refractivity contribution in [3.63, 3.8) is 0 Å². The van der Waals surface area contributed by atoms with E-state index in [2.05, 4.69) is 25.5 Å². The van der Waals surface area contributed by atoms with Crippen LogP contribution in [0.2, 0.25) is 0 Å². The highest BCUT2D eigenvalue weighted by Crippen LogP contribution is 2.21. The smallest absolute Gasteiger partial charge is 0.261 e. The minimum absolute atomic E-state index is 0.0885. The summed E-state index contributed by atoms with van der Waals surface area (Å²) in [5, 5.41) is 10.5. The van der Waals surface area contributed by atoms with Crippen molar-refractivity contribution in [3.05, 3.63) is 34.4 Å². The zero-order chi connectivity index (χ0) is 15.0. The number of anilines is 1. The first-order chi connectivity index (χ1) is 10.2. The number of nitrogens with one attached hydrogen (secondary N) is 2. The normalized spacial score (nSPS) is 11.0. The van der Waals surface area contributed by atoms with Crippen LogP contribution in [0.25, 0.3) is 22.3 Å². The molecule has 3 rings (SSSR count). The van der Waals surface area contributed by atoms with Gasteiger partial charge in [-0.05, 0) is 26.0 Å². The summed E-state index contributed by atoms with van der Waals surface area (Å²) >= 11 is 0. The molecular weight excluding hydrogens is 268 g/mol. The van der Waals surface area contributed by atoms with E-state index in [4.69, 9.17) is 0 Å². The first kappa shape index (κ1) is 13.3. The summed E-state index contributed by atoms with van der Waals surface area (Å²) in [6.07, 6.45) is 1.63. The number of aromatic amines is 1. The first-order valence-electron chi connectivity index (χ1n) is 6.75. The molecule has 0 atom stereocenters. The molecule has 0 amide bonds. The van der Waals surface area contributed by atoms with E-state index in [1.54, 1.807) is 23.9 Å². The van der Waals surface area contributed by atoms with Crippen molar-refractivity contribution in [2.45, 2.75) is 20.4 Å². The number of hydrogen-bond acceptors (Lipinski definition) is 5. The van der Waals surface area contributed by atoms with Crippen molar-refractivity contribution in [2.24, 2.45) is 0 Å². The molecule has 0 aliphatic carbocycles. The van der Waals surface area contributed by atoms with E-state index in [-0.39, 0.29) is 5.56 Å². The first-order valence-corrected chi connectivity index (χ1v) is 6.75. The predicted molar refractivity (Wildman–Crippen MR) is 81.3 cm³/mol. The van der Waals surface area contributed by atoms with Crippen LogP contribution in [-0.4, -0.2) is 31.8 Å². The van der Waals surface area contributed by atoms with Gasteiger partial charge >= 0.3 is 0 Å². The maximum Gasteiger partial charge on any atom is 0.261 e. The largest absolute Gasteiger partial charge is 0.357 e. The molecular formula is C14H16N6O. The SMILES string of the molecule is CCn1c(=O)c(-c2ccn[nH]2)cc2c(C)nc(NC)nc21. The van der Waals surface area contributed by atoms with E-state index in [0.29, 0.717) is 29.4 Å². The Morgan fingerprint density at radius 2 is 2.19 bits per heavy atom. The average molecular weight is 284 g/mol. The quantitative estimate of drug-likeness (QED) is 0.762. The summed E-state index contributed by atoms with van der Waals surface area (Å²) in [6.45, 7) is 4.37. The number of nitrogens with zero attached hydrogens (tertiary/aromatic N) is 4. The standard InChI is InChI=1S/C14H16N6O/c1-4-20-12-9(8(2)17-14(15-3)18-12)7-10(13(20)21)11-5-6-16-19-11/h5-7H,4H2,1-3H3,(H,16,19)(H,15,17,18). The second-order valence-corrected chi connectivity index (χ2v) is 4.70. The Morgan fingerprint density at radius 1 is 1.38 bits per heavy atom. The Labute approximate surface area is 121 Å². The zero-order valence-electron chi connectivity index (χ0n) is 12.1. The topological polar surface area (TPSA) is 88.5 Å². The van der Waals surface area contributed by atoms with Crippen molar-refractivity contribution in [1.82, 2.24) is 24.7 Å². The maximum atomic E-state index is 12.7. The molecule has 3 aromatic rings. The van der Waals surface area contributed by atoms with Gasteiger partial charge in [-0.1, -0.05) is 0 Å². The van der Waals surface area contributed by atoms with Gasteiger partial charge in [-0.15, -0.1) is 0 Å². The summed E-state index contributed by atoms with van der Waals surface area (Å²) < 4.78 is 1.65. The van der Waals surface area contributed by atoms with Gasteiger partial charge in [0.15, 0.2) is 0 Å². The molecule has 0 fully saturated rings. The van der Waals surface area contributed by atoms with Gasteiger partial charge in [0, 0.05) is 25.2 Å². The molecule has 108 valence electrons. The average Bonchev–Trinajstić information content (AvgIpc) is 3.00. The number of aromatic nitrogens is 5. The lowest BCUT2D eigenvalue weighted by atomic mass is 10.1. The van der Waals surface area contributed by atoms with Gasteiger partial charge in [-0.2, -0.15) is 10.1 Å². The summed E-state index contributed by atoms with van der Waals surface area (Å²) in [5.41, 5.74) is 2.65. The number of fused-ring (bicyclic) bond motifs is 1. The van der Waals surface area contributed by atoms with Crippen LogP contribution in [0.3, 0.4) is 0 Å². The van der Waals surface area contributed by atoms with E-state index < -0.39 is 0 Å². The molecule has 0 saturated carbocycles. The lowest BCUT2D eigenvalue weighted by Crippen LogP contribution is -2.23. The molecule has 2 N–H and O–H groups in total. The summed E-state index contributed by atoms with van der Waals surface area (Å²) in [4.78, 5) is 21.5. The van der Waals surface area contributed by atoms with Crippen LogP contribution >= 0.6 is 0 Å². The van der Waals surface area contributed by atoms with Gasteiger partial charge < -0.3 is 5.32 Å². The van der Waals surface area contributed by atoms with E-state index in [1.807, 2.05) is 19.9 Å². The molecule has 21 heavy (non-hydrogen) atoms. The van der Waals surface area contributed by atoms with E-state index in [0.717, 1.165) is 11.1 Å². The molecule has 0 aliphatic rings.